The number of hydrogen-bond donors (Lipinski definition) is 1. The fourth-order valence-electron chi connectivity index (χ4n) is 3.73. The Labute approximate surface area is 169 Å². The van der Waals surface area contributed by atoms with Crippen LogP contribution in [0.3, 0.4) is 0 Å². The molecule has 2 aromatic rings. The van der Waals surface area contributed by atoms with Gasteiger partial charge in [-0.1, -0.05) is 18.2 Å². The van der Waals surface area contributed by atoms with Crippen LogP contribution in [0.25, 0.3) is 6.08 Å². The van der Waals surface area contributed by atoms with E-state index >= 15 is 0 Å². The van der Waals surface area contributed by atoms with Crippen molar-refractivity contribution in [2.45, 2.75) is 25.4 Å². The highest BCUT2D eigenvalue weighted by Crippen LogP contribution is 2.29. The van der Waals surface area contributed by atoms with E-state index in [9.17, 15) is 10.5 Å². The maximum atomic E-state index is 9.74. The first-order chi connectivity index (χ1) is 14.2. The van der Waals surface area contributed by atoms with E-state index in [1.165, 1.54) is 6.42 Å². The van der Waals surface area contributed by atoms with E-state index in [4.69, 9.17) is 10.2 Å². The highest BCUT2D eigenvalue weighted by Gasteiger charge is 2.37. The second-order valence-corrected chi connectivity index (χ2v) is 7.16. The van der Waals surface area contributed by atoms with Crippen LogP contribution in [0, 0.1) is 28.6 Å². The molecule has 2 aliphatic rings. The van der Waals surface area contributed by atoms with E-state index < -0.39 is 12.1 Å². The molecular weight excluding hydrogens is 364 g/mol. The van der Waals surface area contributed by atoms with E-state index in [2.05, 4.69) is 22.1 Å². The quantitative estimate of drug-likeness (QED) is 0.807. The lowest BCUT2D eigenvalue weighted by atomic mass is 9.96. The molecule has 2 atom stereocenters. The Morgan fingerprint density at radius 3 is 2.55 bits per heavy atom. The number of hydrazone groups is 1. The van der Waals surface area contributed by atoms with Gasteiger partial charge in [0.1, 0.15) is 23.9 Å². The van der Waals surface area contributed by atoms with E-state index in [0.29, 0.717) is 11.5 Å². The van der Waals surface area contributed by atoms with Gasteiger partial charge in [-0.25, -0.2) is 5.01 Å². The molecule has 0 spiro atoms. The molecule has 7 nitrogen and oxygen atoms in total. The Bertz CT molecular complexity index is 1000. The summed E-state index contributed by atoms with van der Waals surface area (Å²) in [6.45, 7) is 1.96. The van der Waals surface area contributed by atoms with Crippen LogP contribution in [-0.2, 0) is 0 Å². The number of rotatable bonds is 4. The third-order valence-electron chi connectivity index (χ3n) is 5.26. The number of para-hydroxylation sites is 1. The minimum atomic E-state index is -0.711. The Morgan fingerprint density at radius 1 is 1.10 bits per heavy atom. The molecule has 29 heavy (non-hydrogen) atoms. The van der Waals surface area contributed by atoms with Gasteiger partial charge in [0.15, 0.2) is 5.88 Å². The molecule has 2 aliphatic heterocycles. The Kier molecular flexibility index (Phi) is 5.33. The smallest absolute Gasteiger partial charge is 0.196 e. The minimum Gasteiger partial charge on any atom is -0.441 e. The van der Waals surface area contributed by atoms with E-state index in [-0.39, 0.29) is 5.57 Å². The van der Waals surface area contributed by atoms with Crippen LogP contribution < -0.4 is 15.6 Å². The third kappa shape index (κ3) is 3.73. The van der Waals surface area contributed by atoms with E-state index in [1.807, 2.05) is 42.5 Å². The van der Waals surface area contributed by atoms with Gasteiger partial charge in [0.25, 0.3) is 0 Å². The summed E-state index contributed by atoms with van der Waals surface area (Å²) >= 11 is 0. The number of benzene rings is 1. The molecule has 0 unspecified atom stereocenters. The molecular formula is C22H22N6O. The molecule has 1 aromatic heterocycles. The molecule has 3 heterocycles. The van der Waals surface area contributed by atoms with Gasteiger partial charge < -0.3 is 15.1 Å². The average Bonchev–Trinajstić information content (AvgIpc) is 3.37. The highest BCUT2D eigenvalue weighted by atomic mass is 16.4. The van der Waals surface area contributed by atoms with Gasteiger partial charge in [-0.2, -0.15) is 15.6 Å². The molecule has 1 saturated heterocycles. The number of nitriles is 2. The van der Waals surface area contributed by atoms with E-state index in [0.717, 1.165) is 37.5 Å². The number of piperidine rings is 1. The summed E-state index contributed by atoms with van der Waals surface area (Å²) in [6.07, 6.45) is 4.54. The average molecular weight is 386 g/mol. The molecule has 0 saturated carbocycles. The third-order valence-corrected chi connectivity index (χ3v) is 5.26. The van der Waals surface area contributed by atoms with Crippen molar-refractivity contribution in [3.63, 3.8) is 0 Å². The van der Waals surface area contributed by atoms with Crippen molar-refractivity contribution in [1.29, 1.82) is 10.5 Å². The molecule has 7 heteroatoms. The lowest BCUT2D eigenvalue weighted by Crippen LogP contribution is -2.40. The molecule has 1 fully saturated rings. The van der Waals surface area contributed by atoms with Crippen LogP contribution in [-0.4, -0.2) is 25.0 Å². The summed E-state index contributed by atoms with van der Waals surface area (Å²) in [5.41, 5.74) is 7.69. The first-order valence-corrected chi connectivity index (χ1v) is 9.76. The monoisotopic (exact) mass is 386 g/mol. The fraction of sp³-hybridized carbons (Fsp3) is 0.318. The fourth-order valence-corrected chi connectivity index (χ4v) is 3.73. The molecule has 0 radical (unpaired) electrons. The number of furan rings is 1. The summed E-state index contributed by atoms with van der Waals surface area (Å²) in [5, 5.41) is 25.5. The van der Waals surface area contributed by atoms with Gasteiger partial charge in [-0.05, 0) is 37.5 Å². The summed E-state index contributed by atoms with van der Waals surface area (Å²) in [7, 11) is 0. The molecule has 2 N–H and O–H groups in total. The first-order valence-electron chi connectivity index (χ1n) is 9.76. The van der Waals surface area contributed by atoms with Gasteiger partial charge in [0.2, 0.25) is 0 Å². The number of anilines is 2. The molecule has 0 aliphatic carbocycles. The van der Waals surface area contributed by atoms with Crippen molar-refractivity contribution in [1.82, 2.24) is 0 Å². The maximum absolute atomic E-state index is 9.74. The zero-order valence-electron chi connectivity index (χ0n) is 16.0. The maximum Gasteiger partial charge on any atom is 0.196 e. The Hall–Kier alpha value is -3.55. The van der Waals surface area contributed by atoms with Crippen LogP contribution in [0.1, 0.15) is 25.0 Å². The van der Waals surface area contributed by atoms with E-state index in [1.54, 1.807) is 11.1 Å². The number of hydrogen-bond acceptors (Lipinski definition) is 7. The molecule has 0 amide bonds. The lowest BCUT2D eigenvalue weighted by molar-refractivity contribution is 0.496. The van der Waals surface area contributed by atoms with Gasteiger partial charge in [0, 0.05) is 25.2 Å². The van der Waals surface area contributed by atoms with Crippen LogP contribution in [0.4, 0.5) is 11.6 Å². The van der Waals surface area contributed by atoms with Gasteiger partial charge in [-0.15, -0.1) is 0 Å². The summed E-state index contributed by atoms with van der Waals surface area (Å²) < 4.78 is 5.94. The highest BCUT2D eigenvalue weighted by molar-refractivity contribution is 6.11. The summed E-state index contributed by atoms with van der Waals surface area (Å²) in [5.74, 6) is 0.659. The van der Waals surface area contributed by atoms with Crippen molar-refractivity contribution >= 4 is 23.4 Å². The zero-order valence-corrected chi connectivity index (χ0v) is 16.0. The van der Waals surface area contributed by atoms with Crippen molar-refractivity contribution < 1.29 is 4.42 Å². The molecule has 146 valence electrons. The Morgan fingerprint density at radius 2 is 1.86 bits per heavy atom. The number of nitrogens with two attached hydrogens (primary N) is 1. The first kappa shape index (κ1) is 18.8. The topological polar surface area (TPSA) is 106 Å². The molecule has 1 aromatic carbocycles. The van der Waals surface area contributed by atoms with Crippen LogP contribution >= 0.6 is 0 Å². The molecule has 4 rings (SSSR count). The van der Waals surface area contributed by atoms with Crippen molar-refractivity contribution in [3.8, 4) is 12.1 Å². The van der Waals surface area contributed by atoms with Crippen molar-refractivity contribution in [2.24, 2.45) is 16.8 Å². The predicted octanol–water partition coefficient (Wildman–Crippen LogP) is 3.48. The number of allylic oxidation sites excluding steroid dienone is 1. The Balaban J connectivity index is 1.63. The van der Waals surface area contributed by atoms with Gasteiger partial charge in [-0.3, -0.25) is 0 Å². The van der Waals surface area contributed by atoms with Crippen LogP contribution in [0.15, 0.2) is 57.6 Å². The van der Waals surface area contributed by atoms with Crippen LogP contribution in [0.5, 0.6) is 0 Å². The second kappa shape index (κ2) is 8.22. The van der Waals surface area contributed by atoms with Crippen molar-refractivity contribution in [3.05, 3.63) is 53.8 Å². The van der Waals surface area contributed by atoms with Crippen LogP contribution in [0.2, 0.25) is 0 Å². The minimum absolute atomic E-state index is 0.282. The van der Waals surface area contributed by atoms with Crippen molar-refractivity contribution in [2.75, 3.05) is 23.0 Å². The standard InChI is InChI=1S/C22H22N6O/c23-14-16(13-18-9-10-20(29-18)27-11-5-2-6-12-27)21-19(15-24)22(25)28(26-21)17-7-3-1-4-8-17/h1,3-4,7-10,13,19,22H,2,5-6,11-12,25H2/b16-13-/t19-,22+/m1/s1. The van der Waals surface area contributed by atoms with Gasteiger partial charge >= 0.3 is 0 Å². The number of nitrogens with zero attached hydrogens (tertiary/aromatic N) is 5. The summed E-state index contributed by atoms with van der Waals surface area (Å²) in [4.78, 5) is 2.21. The summed E-state index contributed by atoms with van der Waals surface area (Å²) in [6, 6.07) is 17.5. The predicted molar refractivity (Wildman–Crippen MR) is 112 cm³/mol. The SMILES string of the molecule is N#C/C(=C/c1ccc(N2CCCCC2)o1)C1=NN(c2ccccc2)[C@H](N)[C@@H]1C#N. The second-order valence-electron chi connectivity index (χ2n) is 7.16. The molecule has 0 bridgehead atoms. The lowest BCUT2D eigenvalue weighted by Gasteiger charge is -2.25. The zero-order chi connectivity index (χ0) is 20.2. The normalized spacial score (nSPS) is 22.2. The van der Waals surface area contributed by atoms with Gasteiger partial charge in [0.05, 0.1) is 23.0 Å². The largest absolute Gasteiger partial charge is 0.441 e.